The third kappa shape index (κ3) is 2.13. The largest absolute Gasteiger partial charge is 0.335 e. The Hall–Kier alpha value is -1.89. The first-order chi connectivity index (χ1) is 7.29. The summed E-state index contributed by atoms with van der Waals surface area (Å²) in [5, 5.41) is 0. The van der Waals surface area contributed by atoms with Crippen LogP contribution in [0.3, 0.4) is 0 Å². The molecule has 1 fully saturated rings. The van der Waals surface area contributed by atoms with E-state index in [1.807, 2.05) is 0 Å². The molecule has 0 aliphatic carbocycles. The van der Waals surface area contributed by atoms with Crippen molar-refractivity contribution in [1.29, 1.82) is 0 Å². The molecule has 4 nitrogen and oxygen atoms in total. The molecule has 0 radical (unpaired) electrons. The quantitative estimate of drug-likeness (QED) is 0.653. The third-order valence-electron chi connectivity index (χ3n) is 2.42. The van der Waals surface area contributed by atoms with E-state index in [4.69, 9.17) is 6.42 Å². The summed E-state index contributed by atoms with van der Waals surface area (Å²) in [4.78, 5) is 21.3. The number of hydrogen-bond donors (Lipinski definition) is 0. The molecule has 0 aromatic carbocycles. The van der Waals surface area contributed by atoms with Crippen LogP contribution in [0.15, 0.2) is 18.6 Å². The minimum Gasteiger partial charge on any atom is -0.335 e. The van der Waals surface area contributed by atoms with E-state index in [1.54, 1.807) is 23.5 Å². The Morgan fingerprint density at radius 2 is 2.47 bits per heavy atom. The maximum absolute atomic E-state index is 11.5. The first-order valence-electron chi connectivity index (χ1n) is 4.78. The van der Waals surface area contributed by atoms with Gasteiger partial charge in [-0.05, 0) is 0 Å². The third-order valence-corrected chi connectivity index (χ3v) is 2.42. The van der Waals surface area contributed by atoms with Crippen LogP contribution in [0.1, 0.15) is 12.1 Å². The number of carbonyl (C=O) groups is 1. The smallest absolute Gasteiger partial charge is 0.224 e. The Morgan fingerprint density at radius 1 is 1.60 bits per heavy atom. The van der Waals surface area contributed by atoms with Gasteiger partial charge in [-0.1, -0.05) is 0 Å². The van der Waals surface area contributed by atoms with Crippen LogP contribution in [0.5, 0.6) is 0 Å². The van der Waals surface area contributed by atoms with Gasteiger partial charge in [0.2, 0.25) is 5.91 Å². The number of aromatic nitrogens is 2. The van der Waals surface area contributed by atoms with Gasteiger partial charge >= 0.3 is 0 Å². The molecule has 1 amide bonds. The highest BCUT2D eigenvalue weighted by molar-refractivity contribution is 5.79. The van der Waals surface area contributed by atoms with E-state index >= 15 is 0 Å². The number of nitrogens with zero attached hydrogens (tertiary/aromatic N) is 3. The van der Waals surface area contributed by atoms with Gasteiger partial charge in [0.15, 0.2) is 0 Å². The fourth-order valence-electron chi connectivity index (χ4n) is 1.64. The molecule has 1 aromatic heterocycles. The molecule has 2 heterocycles. The lowest BCUT2D eigenvalue weighted by atomic mass is 10.1. The maximum Gasteiger partial charge on any atom is 0.224 e. The Morgan fingerprint density at radius 3 is 3.07 bits per heavy atom. The second-order valence-electron chi connectivity index (χ2n) is 3.54. The average molecular weight is 201 g/mol. The summed E-state index contributed by atoms with van der Waals surface area (Å²) in [6.07, 6.45) is 10.6. The highest BCUT2D eigenvalue weighted by atomic mass is 16.2. The van der Waals surface area contributed by atoms with E-state index in [0.29, 0.717) is 19.5 Å². The molecule has 1 aliphatic rings. The molecular weight excluding hydrogens is 190 g/mol. The zero-order valence-electron chi connectivity index (χ0n) is 8.26. The van der Waals surface area contributed by atoms with Gasteiger partial charge in [0, 0.05) is 31.3 Å². The zero-order valence-corrected chi connectivity index (χ0v) is 8.26. The number of rotatable bonds is 2. The van der Waals surface area contributed by atoms with Gasteiger partial charge in [0.05, 0.1) is 18.4 Å². The van der Waals surface area contributed by atoms with Crippen LogP contribution in [-0.2, 0) is 11.3 Å². The molecule has 0 saturated carbocycles. The molecule has 1 unspecified atom stereocenters. The van der Waals surface area contributed by atoms with E-state index in [-0.39, 0.29) is 11.8 Å². The van der Waals surface area contributed by atoms with Crippen molar-refractivity contribution in [2.75, 3.05) is 6.54 Å². The first kappa shape index (κ1) is 9.66. The number of carbonyl (C=O) groups excluding carboxylic acids is 1. The van der Waals surface area contributed by atoms with Gasteiger partial charge in [-0.25, -0.2) is 0 Å². The fourth-order valence-corrected chi connectivity index (χ4v) is 1.64. The van der Waals surface area contributed by atoms with Crippen molar-refractivity contribution in [3.63, 3.8) is 0 Å². The van der Waals surface area contributed by atoms with Crippen LogP contribution in [0.4, 0.5) is 0 Å². The van der Waals surface area contributed by atoms with Gasteiger partial charge in [-0.2, -0.15) is 0 Å². The molecule has 15 heavy (non-hydrogen) atoms. The van der Waals surface area contributed by atoms with Crippen LogP contribution < -0.4 is 0 Å². The fraction of sp³-hybridized carbons (Fsp3) is 0.364. The monoisotopic (exact) mass is 201 g/mol. The van der Waals surface area contributed by atoms with Gasteiger partial charge in [-0.3, -0.25) is 14.8 Å². The number of terminal acetylenes is 1. The summed E-state index contributed by atoms with van der Waals surface area (Å²) in [5.74, 6) is 2.76. The van der Waals surface area contributed by atoms with Crippen molar-refractivity contribution < 1.29 is 4.79 Å². The van der Waals surface area contributed by atoms with Crippen molar-refractivity contribution in [1.82, 2.24) is 14.9 Å². The molecule has 1 atom stereocenters. The minimum atomic E-state index is 0.0502. The van der Waals surface area contributed by atoms with Gasteiger partial charge in [-0.15, -0.1) is 12.3 Å². The molecule has 1 saturated heterocycles. The summed E-state index contributed by atoms with van der Waals surface area (Å²) in [7, 11) is 0. The lowest BCUT2D eigenvalue weighted by molar-refractivity contribution is -0.128. The highest BCUT2D eigenvalue weighted by Crippen LogP contribution is 2.18. The van der Waals surface area contributed by atoms with Gasteiger partial charge in [0.1, 0.15) is 0 Å². The van der Waals surface area contributed by atoms with E-state index in [2.05, 4.69) is 15.9 Å². The summed E-state index contributed by atoms with van der Waals surface area (Å²) in [5.41, 5.74) is 0.795. The molecule has 2 rings (SSSR count). The molecule has 0 N–H and O–H groups in total. The van der Waals surface area contributed by atoms with Crippen molar-refractivity contribution in [3.05, 3.63) is 24.3 Å². The summed E-state index contributed by atoms with van der Waals surface area (Å²) < 4.78 is 0. The van der Waals surface area contributed by atoms with E-state index in [9.17, 15) is 4.79 Å². The van der Waals surface area contributed by atoms with Crippen LogP contribution in [-0.4, -0.2) is 27.3 Å². The Kier molecular flexibility index (Phi) is 2.64. The van der Waals surface area contributed by atoms with E-state index < -0.39 is 0 Å². The van der Waals surface area contributed by atoms with Crippen molar-refractivity contribution in [2.24, 2.45) is 5.92 Å². The number of likely N-dealkylation sites (tertiary alicyclic amines) is 1. The first-order valence-corrected chi connectivity index (χ1v) is 4.78. The Balaban J connectivity index is 2.02. The number of amides is 1. The molecule has 76 valence electrons. The lowest BCUT2D eigenvalue weighted by Crippen LogP contribution is -2.25. The van der Waals surface area contributed by atoms with E-state index in [1.165, 1.54) is 0 Å². The van der Waals surface area contributed by atoms with Crippen molar-refractivity contribution in [3.8, 4) is 12.3 Å². The van der Waals surface area contributed by atoms with Crippen LogP contribution in [0.2, 0.25) is 0 Å². The van der Waals surface area contributed by atoms with Gasteiger partial charge < -0.3 is 4.90 Å². The molecule has 0 spiro atoms. The summed E-state index contributed by atoms with van der Waals surface area (Å²) >= 11 is 0. The number of hydrogen-bond acceptors (Lipinski definition) is 3. The Bertz CT molecular complexity index is 396. The molecule has 1 aromatic rings. The second-order valence-corrected chi connectivity index (χ2v) is 3.54. The summed E-state index contributed by atoms with van der Waals surface area (Å²) in [6.45, 7) is 1.14. The van der Waals surface area contributed by atoms with Crippen molar-refractivity contribution in [2.45, 2.75) is 13.0 Å². The molecule has 0 bridgehead atoms. The second kappa shape index (κ2) is 4.09. The van der Waals surface area contributed by atoms with E-state index in [0.717, 1.165) is 5.69 Å². The van der Waals surface area contributed by atoms with Gasteiger partial charge in [0.25, 0.3) is 0 Å². The van der Waals surface area contributed by atoms with Crippen molar-refractivity contribution >= 4 is 5.91 Å². The SMILES string of the molecule is C#CC1CC(=O)N(Cc2cnccn2)C1. The maximum atomic E-state index is 11.5. The minimum absolute atomic E-state index is 0.0502. The van der Waals surface area contributed by atoms with Crippen LogP contribution in [0, 0.1) is 18.3 Å². The van der Waals surface area contributed by atoms with Crippen LogP contribution in [0.25, 0.3) is 0 Å². The molecular formula is C11H11N3O. The average Bonchev–Trinajstić information content (AvgIpc) is 2.61. The molecule has 1 aliphatic heterocycles. The topological polar surface area (TPSA) is 46.1 Å². The molecule has 4 heteroatoms. The lowest BCUT2D eigenvalue weighted by Gasteiger charge is -2.14. The predicted molar refractivity (Wildman–Crippen MR) is 54.4 cm³/mol. The predicted octanol–water partition coefficient (Wildman–Crippen LogP) is 0.458. The standard InChI is InChI=1S/C11H11N3O/c1-2-9-5-11(15)14(7-9)8-10-6-12-3-4-13-10/h1,3-4,6,9H,5,7-8H2. The Labute approximate surface area is 88.3 Å². The summed E-state index contributed by atoms with van der Waals surface area (Å²) in [6, 6.07) is 0. The normalized spacial score (nSPS) is 20.3. The zero-order chi connectivity index (χ0) is 10.7. The highest BCUT2D eigenvalue weighted by Gasteiger charge is 2.28. The van der Waals surface area contributed by atoms with Crippen LogP contribution >= 0.6 is 0 Å².